The summed E-state index contributed by atoms with van der Waals surface area (Å²) in [7, 11) is 0. The van der Waals surface area contributed by atoms with Crippen LogP contribution >= 0.6 is 0 Å². The molecule has 10 heavy (non-hydrogen) atoms. The highest BCUT2D eigenvalue weighted by Gasteiger charge is 2.20. The van der Waals surface area contributed by atoms with Crippen LogP contribution in [-0.4, -0.2) is 29.1 Å². The van der Waals surface area contributed by atoms with Gasteiger partial charge in [0.25, 0.3) is 0 Å². The Balaban J connectivity index is 2.33. The fraction of sp³-hybridized carbons (Fsp3) is 0.857. The van der Waals surface area contributed by atoms with Crippen molar-refractivity contribution in [3.63, 3.8) is 0 Å². The molecular weight excluding hydrogens is 130 g/mol. The molecule has 3 heteroatoms. The molecule has 0 unspecified atom stereocenters. The van der Waals surface area contributed by atoms with E-state index in [0.717, 1.165) is 12.8 Å². The van der Waals surface area contributed by atoms with E-state index in [4.69, 9.17) is 5.21 Å². The number of piperidine rings is 1. The summed E-state index contributed by atoms with van der Waals surface area (Å²) in [5.74, 6) is 0.455. The average molecular weight is 143 g/mol. The SMILES string of the molecule is CC(=O)C1CCN(O)CC1. The van der Waals surface area contributed by atoms with Crippen LogP contribution in [0.25, 0.3) is 0 Å². The molecule has 58 valence electrons. The van der Waals surface area contributed by atoms with Crippen molar-refractivity contribution in [3.05, 3.63) is 0 Å². The fourth-order valence-corrected chi connectivity index (χ4v) is 1.27. The third-order valence-electron chi connectivity index (χ3n) is 2.05. The molecule has 0 aromatic carbocycles. The van der Waals surface area contributed by atoms with E-state index in [9.17, 15) is 4.79 Å². The molecule has 1 aliphatic heterocycles. The van der Waals surface area contributed by atoms with E-state index >= 15 is 0 Å². The minimum absolute atomic E-state index is 0.198. The number of rotatable bonds is 1. The minimum atomic E-state index is 0.198. The topological polar surface area (TPSA) is 40.5 Å². The lowest BCUT2D eigenvalue weighted by molar-refractivity contribution is -0.133. The Labute approximate surface area is 60.6 Å². The average Bonchev–Trinajstić information content (AvgIpc) is 1.88. The predicted molar refractivity (Wildman–Crippen MR) is 36.8 cm³/mol. The van der Waals surface area contributed by atoms with Gasteiger partial charge < -0.3 is 5.21 Å². The van der Waals surface area contributed by atoms with Crippen LogP contribution in [0, 0.1) is 5.92 Å². The number of hydroxylamine groups is 2. The van der Waals surface area contributed by atoms with Crippen LogP contribution < -0.4 is 0 Å². The van der Waals surface area contributed by atoms with Crippen molar-refractivity contribution in [1.82, 2.24) is 5.06 Å². The van der Waals surface area contributed by atoms with E-state index in [2.05, 4.69) is 0 Å². The second-order valence-corrected chi connectivity index (χ2v) is 2.84. The zero-order chi connectivity index (χ0) is 7.56. The van der Waals surface area contributed by atoms with Crippen LogP contribution in [-0.2, 0) is 4.79 Å². The molecule has 1 rings (SSSR count). The monoisotopic (exact) mass is 143 g/mol. The molecule has 0 spiro atoms. The summed E-state index contributed by atoms with van der Waals surface area (Å²) in [6.45, 7) is 2.91. The quantitative estimate of drug-likeness (QED) is 0.586. The Kier molecular flexibility index (Phi) is 2.40. The maximum Gasteiger partial charge on any atom is 0.133 e. The third kappa shape index (κ3) is 1.78. The molecule has 0 atom stereocenters. The lowest BCUT2D eigenvalue weighted by Gasteiger charge is -2.25. The van der Waals surface area contributed by atoms with Gasteiger partial charge in [-0.15, -0.1) is 0 Å². The van der Waals surface area contributed by atoms with E-state index in [-0.39, 0.29) is 11.7 Å². The summed E-state index contributed by atoms with van der Waals surface area (Å²) in [6.07, 6.45) is 1.62. The van der Waals surface area contributed by atoms with Crippen LogP contribution in [0.3, 0.4) is 0 Å². The van der Waals surface area contributed by atoms with Crippen molar-refractivity contribution in [3.8, 4) is 0 Å². The highest BCUT2D eigenvalue weighted by Crippen LogP contribution is 2.15. The lowest BCUT2D eigenvalue weighted by atomic mass is 9.94. The van der Waals surface area contributed by atoms with Crippen molar-refractivity contribution < 1.29 is 10.0 Å². The molecule has 0 aromatic heterocycles. The predicted octanol–water partition coefficient (Wildman–Crippen LogP) is 0.677. The van der Waals surface area contributed by atoms with Crippen molar-refractivity contribution >= 4 is 5.78 Å². The highest BCUT2D eigenvalue weighted by molar-refractivity contribution is 5.78. The van der Waals surface area contributed by atoms with Crippen molar-refractivity contribution in [2.75, 3.05) is 13.1 Å². The minimum Gasteiger partial charge on any atom is -0.314 e. The zero-order valence-corrected chi connectivity index (χ0v) is 6.21. The number of hydrogen-bond donors (Lipinski definition) is 1. The molecule has 1 N–H and O–H groups in total. The van der Waals surface area contributed by atoms with E-state index in [1.807, 2.05) is 0 Å². The van der Waals surface area contributed by atoms with Gasteiger partial charge >= 0.3 is 0 Å². The molecule has 1 heterocycles. The van der Waals surface area contributed by atoms with E-state index in [0.29, 0.717) is 13.1 Å². The van der Waals surface area contributed by atoms with Crippen LogP contribution in [0.15, 0.2) is 0 Å². The van der Waals surface area contributed by atoms with Gasteiger partial charge in [0.1, 0.15) is 5.78 Å². The molecule has 1 aliphatic rings. The normalized spacial score (nSPS) is 23.0. The van der Waals surface area contributed by atoms with Gasteiger partial charge in [-0.2, -0.15) is 5.06 Å². The molecule has 0 bridgehead atoms. The van der Waals surface area contributed by atoms with Gasteiger partial charge in [-0.05, 0) is 19.8 Å². The van der Waals surface area contributed by atoms with E-state index < -0.39 is 0 Å². The summed E-state index contributed by atoms with van der Waals surface area (Å²) in [5, 5.41) is 10.2. The van der Waals surface area contributed by atoms with Gasteiger partial charge in [-0.3, -0.25) is 4.79 Å². The summed E-state index contributed by atoms with van der Waals surface area (Å²) in [6, 6.07) is 0. The molecular formula is C7H13NO2. The molecule has 1 saturated heterocycles. The Bertz CT molecular complexity index is 128. The maximum absolute atomic E-state index is 10.8. The number of ketones is 1. The molecule has 0 aliphatic carbocycles. The smallest absolute Gasteiger partial charge is 0.133 e. The van der Waals surface area contributed by atoms with Gasteiger partial charge in [0.2, 0.25) is 0 Å². The highest BCUT2D eigenvalue weighted by atomic mass is 16.5. The van der Waals surface area contributed by atoms with Crippen LogP contribution in [0.2, 0.25) is 0 Å². The third-order valence-corrected chi connectivity index (χ3v) is 2.05. The molecule has 0 amide bonds. The summed E-state index contributed by atoms with van der Waals surface area (Å²) >= 11 is 0. The molecule has 0 aromatic rings. The van der Waals surface area contributed by atoms with Crippen molar-refractivity contribution in [1.29, 1.82) is 0 Å². The zero-order valence-electron chi connectivity index (χ0n) is 6.21. The number of carbonyl (C=O) groups is 1. The first-order valence-corrected chi connectivity index (χ1v) is 3.64. The first kappa shape index (κ1) is 7.69. The summed E-state index contributed by atoms with van der Waals surface area (Å²) in [4.78, 5) is 10.8. The van der Waals surface area contributed by atoms with Gasteiger partial charge in [-0.25, -0.2) is 0 Å². The number of hydrogen-bond acceptors (Lipinski definition) is 3. The Hall–Kier alpha value is -0.410. The first-order valence-electron chi connectivity index (χ1n) is 3.64. The molecule has 0 saturated carbocycles. The van der Waals surface area contributed by atoms with Gasteiger partial charge in [-0.1, -0.05) is 0 Å². The van der Waals surface area contributed by atoms with Crippen LogP contribution in [0.5, 0.6) is 0 Å². The fourth-order valence-electron chi connectivity index (χ4n) is 1.27. The van der Waals surface area contributed by atoms with Crippen LogP contribution in [0.4, 0.5) is 0 Å². The van der Waals surface area contributed by atoms with Crippen molar-refractivity contribution in [2.45, 2.75) is 19.8 Å². The second-order valence-electron chi connectivity index (χ2n) is 2.84. The largest absolute Gasteiger partial charge is 0.314 e. The number of Topliss-reactive ketones (excluding diaryl/α,β-unsaturated/α-hetero) is 1. The standard InChI is InChI=1S/C7H13NO2/c1-6(9)7-2-4-8(10)5-3-7/h7,10H,2-5H2,1H3. The number of nitrogens with zero attached hydrogens (tertiary/aromatic N) is 1. The first-order chi connectivity index (χ1) is 4.70. The van der Waals surface area contributed by atoms with Gasteiger partial charge in [0.15, 0.2) is 0 Å². The Morgan fingerprint density at radius 3 is 2.40 bits per heavy atom. The maximum atomic E-state index is 10.8. The Morgan fingerprint density at radius 2 is 2.00 bits per heavy atom. The van der Waals surface area contributed by atoms with Gasteiger partial charge in [0, 0.05) is 19.0 Å². The molecule has 3 nitrogen and oxygen atoms in total. The van der Waals surface area contributed by atoms with E-state index in [1.54, 1.807) is 6.92 Å². The molecule has 1 fully saturated rings. The summed E-state index contributed by atoms with van der Waals surface area (Å²) in [5.41, 5.74) is 0. The van der Waals surface area contributed by atoms with Crippen LogP contribution in [0.1, 0.15) is 19.8 Å². The summed E-state index contributed by atoms with van der Waals surface area (Å²) < 4.78 is 0. The Morgan fingerprint density at radius 1 is 1.50 bits per heavy atom. The van der Waals surface area contributed by atoms with E-state index in [1.165, 1.54) is 5.06 Å². The van der Waals surface area contributed by atoms with Crippen molar-refractivity contribution in [2.24, 2.45) is 5.92 Å². The molecule has 0 radical (unpaired) electrons. The number of carbonyl (C=O) groups excluding carboxylic acids is 1. The lowest BCUT2D eigenvalue weighted by Crippen LogP contribution is -2.33. The second kappa shape index (κ2) is 3.12. The van der Waals surface area contributed by atoms with Gasteiger partial charge in [0.05, 0.1) is 0 Å².